The van der Waals surface area contributed by atoms with Crippen LogP contribution in [0.1, 0.15) is 46.5 Å². The van der Waals surface area contributed by atoms with Gasteiger partial charge in [0.05, 0.1) is 0 Å². The summed E-state index contributed by atoms with van der Waals surface area (Å²) in [7, 11) is 0. The Kier molecular flexibility index (Phi) is 3.12. The summed E-state index contributed by atoms with van der Waals surface area (Å²) in [5.41, 5.74) is 3.41. The lowest BCUT2D eigenvalue weighted by molar-refractivity contribution is 0.533. The number of rotatable bonds is 2. The van der Waals surface area contributed by atoms with Crippen molar-refractivity contribution in [2.75, 3.05) is 0 Å². The SMILES string of the molecule is CC(C)(C)/C=N/NC1CCCC1. The van der Waals surface area contributed by atoms with Crippen LogP contribution in [0.25, 0.3) is 0 Å². The van der Waals surface area contributed by atoms with Gasteiger partial charge in [-0.05, 0) is 18.3 Å². The average Bonchev–Trinajstić information content (AvgIpc) is 2.36. The van der Waals surface area contributed by atoms with Crippen LogP contribution >= 0.6 is 0 Å². The Hall–Kier alpha value is -0.530. The van der Waals surface area contributed by atoms with Gasteiger partial charge in [0.2, 0.25) is 0 Å². The summed E-state index contributed by atoms with van der Waals surface area (Å²) in [6, 6.07) is 0.642. The number of nitrogens with zero attached hydrogens (tertiary/aromatic N) is 1. The fraction of sp³-hybridized carbons (Fsp3) is 0.900. The highest BCUT2D eigenvalue weighted by Gasteiger charge is 2.13. The molecule has 0 amide bonds. The molecule has 0 unspecified atom stereocenters. The first-order valence-electron chi connectivity index (χ1n) is 4.88. The van der Waals surface area contributed by atoms with E-state index < -0.39 is 0 Å². The Morgan fingerprint density at radius 2 is 1.83 bits per heavy atom. The third kappa shape index (κ3) is 3.74. The smallest absolute Gasteiger partial charge is 0.0440 e. The lowest BCUT2D eigenvalue weighted by Crippen LogP contribution is -2.21. The van der Waals surface area contributed by atoms with Crippen LogP contribution in [0, 0.1) is 5.41 Å². The maximum atomic E-state index is 4.25. The number of nitrogens with one attached hydrogen (secondary N) is 1. The van der Waals surface area contributed by atoms with E-state index in [2.05, 4.69) is 31.3 Å². The zero-order valence-corrected chi connectivity index (χ0v) is 8.43. The first kappa shape index (κ1) is 9.56. The van der Waals surface area contributed by atoms with Gasteiger partial charge < -0.3 is 5.43 Å². The molecule has 0 heterocycles. The van der Waals surface area contributed by atoms with Gasteiger partial charge in [0, 0.05) is 12.3 Å². The largest absolute Gasteiger partial charge is 0.307 e. The fourth-order valence-corrected chi connectivity index (χ4v) is 1.39. The van der Waals surface area contributed by atoms with Gasteiger partial charge in [-0.25, -0.2) is 0 Å². The second-order valence-corrected chi connectivity index (χ2v) is 4.73. The average molecular weight is 168 g/mol. The van der Waals surface area contributed by atoms with Gasteiger partial charge in [-0.3, -0.25) is 0 Å². The molecule has 0 bridgehead atoms. The van der Waals surface area contributed by atoms with E-state index in [4.69, 9.17) is 0 Å². The minimum Gasteiger partial charge on any atom is -0.307 e. The first-order chi connectivity index (χ1) is 5.58. The molecule has 12 heavy (non-hydrogen) atoms. The molecule has 0 aromatic carbocycles. The molecule has 0 radical (unpaired) electrons. The molecule has 0 aromatic rings. The van der Waals surface area contributed by atoms with Gasteiger partial charge in [-0.1, -0.05) is 33.6 Å². The van der Waals surface area contributed by atoms with Crippen LogP contribution in [0.4, 0.5) is 0 Å². The third-order valence-electron chi connectivity index (χ3n) is 2.06. The maximum Gasteiger partial charge on any atom is 0.0440 e. The van der Waals surface area contributed by atoms with Crippen LogP contribution < -0.4 is 5.43 Å². The Balaban J connectivity index is 2.20. The highest BCUT2D eigenvalue weighted by atomic mass is 15.3. The summed E-state index contributed by atoms with van der Waals surface area (Å²) in [5.74, 6) is 0. The second kappa shape index (κ2) is 3.92. The van der Waals surface area contributed by atoms with Crippen molar-refractivity contribution in [2.45, 2.75) is 52.5 Å². The van der Waals surface area contributed by atoms with Crippen molar-refractivity contribution in [3.05, 3.63) is 0 Å². The van der Waals surface area contributed by atoms with Gasteiger partial charge in [0.25, 0.3) is 0 Å². The van der Waals surface area contributed by atoms with Crippen molar-refractivity contribution < 1.29 is 0 Å². The summed E-state index contributed by atoms with van der Waals surface area (Å²) >= 11 is 0. The van der Waals surface area contributed by atoms with Crippen LogP contribution in [0.15, 0.2) is 5.10 Å². The van der Waals surface area contributed by atoms with E-state index in [9.17, 15) is 0 Å². The summed E-state index contributed by atoms with van der Waals surface area (Å²) < 4.78 is 0. The van der Waals surface area contributed by atoms with E-state index in [-0.39, 0.29) is 5.41 Å². The van der Waals surface area contributed by atoms with Gasteiger partial charge in [0.15, 0.2) is 0 Å². The zero-order chi connectivity index (χ0) is 9.03. The molecule has 1 saturated carbocycles. The molecule has 2 heteroatoms. The van der Waals surface area contributed by atoms with Crippen LogP contribution in [0.2, 0.25) is 0 Å². The predicted octanol–water partition coefficient (Wildman–Crippen LogP) is 2.55. The van der Waals surface area contributed by atoms with Crippen molar-refractivity contribution in [2.24, 2.45) is 10.5 Å². The van der Waals surface area contributed by atoms with E-state index >= 15 is 0 Å². The summed E-state index contributed by atoms with van der Waals surface area (Å²) in [6.07, 6.45) is 7.31. The molecule has 0 saturated heterocycles. The molecule has 2 nitrogen and oxygen atoms in total. The van der Waals surface area contributed by atoms with Gasteiger partial charge >= 0.3 is 0 Å². The van der Waals surface area contributed by atoms with Crippen LogP contribution in [0.3, 0.4) is 0 Å². The maximum absolute atomic E-state index is 4.25. The molecule has 1 rings (SSSR count). The van der Waals surface area contributed by atoms with Gasteiger partial charge in [-0.15, -0.1) is 0 Å². The molecule has 1 fully saturated rings. The summed E-state index contributed by atoms with van der Waals surface area (Å²) in [6.45, 7) is 6.48. The molecule has 0 aromatic heterocycles. The molecule has 1 aliphatic rings. The van der Waals surface area contributed by atoms with Crippen molar-refractivity contribution in [1.82, 2.24) is 5.43 Å². The normalized spacial score (nSPS) is 20.6. The van der Waals surface area contributed by atoms with Gasteiger partial charge in [-0.2, -0.15) is 5.10 Å². The van der Waals surface area contributed by atoms with E-state index in [1.54, 1.807) is 0 Å². The molecule has 0 aliphatic heterocycles. The number of hydrogen-bond donors (Lipinski definition) is 1. The van der Waals surface area contributed by atoms with Crippen LogP contribution in [-0.2, 0) is 0 Å². The Morgan fingerprint density at radius 3 is 2.33 bits per heavy atom. The minimum absolute atomic E-state index is 0.200. The summed E-state index contributed by atoms with van der Waals surface area (Å²) in [4.78, 5) is 0. The van der Waals surface area contributed by atoms with Gasteiger partial charge in [0.1, 0.15) is 0 Å². The van der Waals surface area contributed by atoms with Crippen molar-refractivity contribution >= 4 is 6.21 Å². The van der Waals surface area contributed by atoms with E-state index in [0.29, 0.717) is 6.04 Å². The van der Waals surface area contributed by atoms with E-state index in [1.807, 2.05) is 6.21 Å². The Morgan fingerprint density at radius 1 is 1.25 bits per heavy atom. The molecule has 70 valence electrons. The number of hydrogen-bond acceptors (Lipinski definition) is 2. The molecule has 1 aliphatic carbocycles. The quantitative estimate of drug-likeness (QED) is 0.497. The lowest BCUT2D eigenvalue weighted by Gasteiger charge is -2.12. The predicted molar refractivity (Wildman–Crippen MR) is 53.3 cm³/mol. The zero-order valence-electron chi connectivity index (χ0n) is 8.43. The second-order valence-electron chi connectivity index (χ2n) is 4.73. The Labute approximate surface area is 75.4 Å². The number of hydrazone groups is 1. The molecular weight excluding hydrogens is 148 g/mol. The molecule has 1 N–H and O–H groups in total. The standard InChI is InChI=1S/C10H20N2/c1-10(2,3)8-11-12-9-6-4-5-7-9/h8-9,12H,4-7H2,1-3H3/b11-8+. The van der Waals surface area contributed by atoms with Crippen molar-refractivity contribution in [3.8, 4) is 0 Å². The fourth-order valence-electron chi connectivity index (χ4n) is 1.39. The topological polar surface area (TPSA) is 24.4 Å². The van der Waals surface area contributed by atoms with E-state index in [1.165, 1.54) is 25.7 Å². The van der Waals surface area contributed by atoms with Crippen molar-refractivity contribution in [1.29, 1.82) is 0 Å². The molecule has 0 spiro atoms. The summed E-state index contributed by atoms with van der Waals surface area (Å²) in [5, 5.41) is 4.25. The lowest BCUT2D eigenvalue weighted by atomic mass is 9.99. The molecular formula is C10H20N2. The Bertz CT molecular complexity index is 150. The highest BCUT2D eigenvalue weighted by Crippen LogP contribution is 2.17. The van der Waals surface area contributed by atoms with Crippen LogP contribution in [-0.4, -0.2) is 12.3 Å². The first-order valence-corrected chi connectivity index (χ1v) is 4.88. The van der Waals surface area contributed by atoms with Crippen molar-refractivity contribution in [3.63, 3.8) is 0 Å². The minimum atomic E-state index is 0.200. The monoisotopic (exact) mass is 168 g/mol. The van der Waals surface area contributed by atoms with Crippen LogP contribution in [0.5, 0.6) is 0 Å². The third-order valence-corrected chi connectivity index (χ3v) is 2.06. The van der Waals surface area contributed by atoms with E-state index in [0.717, 1.165) is 0 Å². The highest BCUT2D eigenvalue weighted by molar-refractivity contribution is 5.63. The molecule has 0 atom stereocenters.